The van der Waals surface area contributed by atoms with Crippen LogP contribution >= 0.6 is 23.2 Å². The molecule has 0 saturated heterocycles. The Bertz CT molecular complexity index is 1340. The monoisotopic (exact) mass is 470 g/mol. The maximum atomic E-state index is 6.56. The predicted octanol–water partition coefficient (Wildman–Crippen LogP) is 4.96. The van der Waals surface area contributed by atoms with Crippen molar-refractivity contribution in [3.05, 3.63) is 46.4 Å². The molecule has 8 nitrogen and oxygen atoms in total. The van der Waals surface area contributed by atoms with Crippen LogP contribution < -0.4 is 20.5 Å². The lowest BCUT2D eigenvalue weighted by Crippen LogP contribution is -2.06. The van der Waals surface area contributed by atoms with Gasteiger partial charge in [0, 0.05) is 11.6 Å². The van der Waals surface area contributed by atoms with E-state index >= 15 is 0 Å². The number of hydrogen-bond acceptors (Lipinski definition) is 7. The molecule has 4 aromatic rings. The summed E-state index contributed by atoms with van der Waals surface area (Å²) in [7, 11) is 3.19. The highest BCUT2D eigenvalue weighted by Gasteiger charge is 2.25. The van der Waals surface area contributed by atoms with Crippen molar-refractivity contribution in [2.24, 2.45) is 0 Å². The lowest BCUT2D eigenvalue weighted by molar-refractivity contribution is 0.355. The molecule has 2 aromatic heterocycles. The van der Waals surface area contributed by atoms with Crippen molar-refractivity contribution in [1.82, 2.24) is 19.7 Å². The van der Waals surface area contributed by atoms with E-state index in [1.165, 1.54) is 0 Å². The Morgan fingerprint density at radius 3 is 2.47 bits per heavy atom. The Labute approximate surface area is 194 Å². The molecule has 0 aliphatic heterocycles. The average Bonchev–Trinajstić information content (AvgIpc) is 3.55. The summed E-state index contributed by atoms with van der Waals surface area (Å²) in [4.78, 5) is 9.40. The minimum absolute atomic E-state index is 0.375. The zero-order chi connectivity index (χ0) is 22.4. The first-order valence-corrected chi connectivity index (χ1v) is 10.7. The molecule has 0 amide bonds. The Hall–Kier alpha value is -3.23. The van der Waals surface area contributed by atoms with Crippen LogP contribution in [0.1, 0.15) is 12.8 Å². The molecule has 164 valence electrons. The summed E-state index contributed by atoms with van der Waals surface area (Å²) in [6.45, 7) is 0. The van der Waals surface area contributed by atoms with Crippen LogP contribution in [0, 0.1) is 0 Å². The van der Waals surface area contributed by atoms with Crippen LogP contribution in [0.15, 0.2) is 36.4 Å². The molecule has 1 saturated carbocycles. The van der Waals surface area contributed by atoms with E-state index in [0.717, 1.165) is 18.4 Å². The number of anilines is 2. The zero-order valence-electron chi connectivity index (χ0n) is 17.4. The number of aromatic nitrogens is 4. The molecular weight excluding hydrogens is 451 g/mol. The molecule has 0 unspecified atom stereocenters. The third-order valence-corrected chi connectivity index (χ3v) is 6.02. The van der Waals surface area contributed by atoms with Gasteiger partial charge in [0.15, 0.2) is 17.1 Å². The minimum atomic E-state index is 0.375. The topological polar surface area (TPSA) is 100 Å². The number of nitrogens with one attached hydrogen (secondary N) is 1. The molecule has 0 spiro atoms. The fourth-order valence-electron chi connectivity index (χ4n) is 3.49. The van der Waals surface area contributed by atoms with Crippen LogP contribution in [0.2, 0.25) is 10.0 Å². The van der Waals surface area contributed by atoms with Gasteiger partial charge in [-0.2, -0.15) is 4.98 Å². The van der Waals surface area contributed by atoms with Gasteiger partial charge in [0.25, 0.3) is 0 Å². The van der Waals surface area contributed by atoms with Crippen LogP contribution in [-0.2, 0) is 0 Å². The van der Waals surface area contributed by atoms with Crippen molar-refractivity contribution in [1.29, 1.82) is 0 Å². The summed E-state index contributed by atoms with van der Waals surface area (Å²) in [6.07, 6.45) is 2.18. The molecule has 32 heavy (non-hydrogen) atoms. The van der Waals surface area contributed by atoms with Gasteiger partial charge in [0.1, 0.15) is 5.82 Å². The van der Waals surface area contributed by atoms with E-state index in [-0.39, 0.29) is 0 Å². The van der Waals surface area contributed by atoms with Crippen LogP contribution in [0.3, 0.4) is 0 Å². The van der Waals surface area contributed by atoms with Crippen LogP contribution in [-0.4, -0.2) is 40.0 Å². The number of ether oxygens (including phenoxy) is 2. The van der Waals surface area contributed by atoms with Crippen molar-refractivity contribution in [3.63, 3.8) is 0 Å². The van der Waals surface area contributed by atoms with E-state index in [0.29, 0.717) is 61.8 Å². The lowest BCUT2D eigenvalue weighted by Gasteiger charge is -2.11. The van der Waals surface area contributed by atoms with E-state index in [1.54, 1.807) is 37.1 Å². The van der Waals surface area contributed by atoms with E-state index in [2.05, 4.69) is 15.4 Å². The number of rotatable bonds is 6. The predicted molar refractivity (Wildman–Crippen MR) is 126 cm³/mol. The molecule has 2 heterocycles. The number of benzene rings is 2. The largest absolute Gasteiger partial charge is 0.493 e. The summed E-state index contributed by atoms with van der Waals surface area (Å²) in [5.74, 6) is 2.10. The first-order chi connectivity index (χ1) is 15.5. The minimum Gasteiger partial charge on any atom is -0.493 e. The van der Waals surface area contributed by atoms with Gasteiger partial charge in [-0.1, -0.05) is 23.2 Å². The maximum absolute atomic E-state index is 6.56. The van der Waals surface area contributed by atoms with Crippen LogP contribution in [0.25, 0.3) is 28.0 Å². The highest BCUT2D eigenvalue weighted by Crippen LogP contribution is 2.38. The van der Waals surface area contributed by atoms with Gasteiger partial charge in [0.05, 0.1) is 41.0 Å². The Morgan fingerprint density at radius 2 is 1.78 bits per heavy atom. The normalized spacial score (nSPS) is 13.4. The van der Waals surface area contributed by atoms with Gasteiger partial charge in [-0.05, 0) is 49.2 Å². The van der Waals surface area contributed by atoms with Crippen molar-refractivity contribution in [2.75, 3.05) is 25.3 Å². The smallest absolute Gasteiger partial charge is 0.225 e. The second-order valence-corrected chi connectivity index (χ2v) is 8.29. The molecule has 0 radical (unpaired) electrons. The second-order valence-electron chi connectivity index (χ2n) is 7.48. The van der Waals surface area contributed by atoms with Crippen molar-refractivity contribution >= 4 is 46.0 Å². The molecule has 1 aliphatic rings. The van der Waals surface area contributed by atoms with Gasteiger partial charge in [-0.25, -0.2) is 9.67 Å². The van der Waals surface area contributed by atoms with Crippen molar-refractivity contribution in [3.8, 4) is 28.4 Å². The first-order valence-electron chi connectivity index (χ1n) is 9.99. The van der Waals surface area contributed by atoms with Crippen LogP contribution in [0.4, 0.5) is 11.8 Å². The van der Waals surface area contributed by atoms with Gasteiger partial charge in [0.2, 0.25) is 5.95 Å². The third-order valence-electron chi connectivity index (χ3n) is 5.28. The molecule has 0 atom stereocenters. The summed E-state index contributed by atoms with van der Waals surface area (Å²) >= 11 is 12.3. The number of hydrogen-bond donors (Lipinski definition) is 2. The van der Waals surface area contributed by atoms with E-state index < -0.39 is 0 Å². The van der Waals surface area contributed by atoms with E-state index in [9.17, 15) is 0 Å². The third kappa shape index (κ3) is 3.65. The molecule has 5 rings (SSSR count). The lowest BCUT2D eigenvalue weighted by atomic mass is 10.1. The van der Waals surface area contributed by atoms with Crippen molar-refractivity contribution in [2.45, 2.75) is 18.9 Å². The summed E-state index contributed by atoms with van der Waals surface area (Å²) < 4.78 is 12.4. The molecule has 10 heteroatoms. The number of nitrogens with zero attached hydrogens (tertiary/aromatic N) is 4. The van der Waals surface area contributed by atoms with E-state index in [1.807, 2.05) is 18.2 Å². The number of fused-ring (bicyclic) bond motifs is 1. The molecule has 1 fully saturated rings. The highest BCUT2D eigenvalue weighted by atomic mass is 35.5. The number of nitrogen functional groups attached to an aromatic ring is 1. The molecule has 0 bridgehead atoms. The maximum Gasteiger partial charge on any atom is 0.225 e. The highest BCUT2D eigenvalue weighted by molar-refractivity contribution is 6.42. The quantitative estimate of drug-likeness (QED) is 0.410. The van der Waals surface area contributed by atoms with Crippen molar-refractivity contribution < 1.29 is 9.47 Å². The molecular formula is C22H20Cl2N6O2. The number of methoxy groups -OCH3 is 2. The summed E-state index contributed by atoms with van der Waals surface area (Å²) in [5.41, 5.74) is 9.14. The van der Waals surface area contributed by atoms with E-state index in [4.69, 9.17) is 43.4 Å². The average molecular weight is 471 g/mol. The zero-order valence-corrected chi connectivity index (χ0v) is 18.9. The standard InChI is InChI=1S/C22H20Cl2N6O2/c1-31-16-8-3-11(9-17(16)32-2)19-18-20(25)30(13-6-7-14(23)15(24)10-13)29-21(18)28-22(27-19)26-12-4-5-12/h3,6-10,12H,4-5,25H2,1-2H3,(H,26,28,29). The van der Waals surface area contributed by atoms with Gasteiger partial charge >= 0.3 is 0 Å². The first kappa shape index (κ1) is 20.7. The van der Waals surface area contributed by atoms with Gasteiger partial charge in [-0.15, -0.1) is 5.10 Å². The van der Waals surface area contributed by atoms with Gasteiger partial charge in [-0.3, -0.25) is 0 Å². The Kier molecular flexibility index (Phi) is 5.19. The SMILES string of the molecule is COc1ccc(-c2nc(NC3CC3)nc3nn(-c4ccc(Cl)c(Cl)c4)c(N)c23)cc1OC. The second kappa shape index (κ2) is 8.03. The molecule has 3 N–H and O–H groups in total. The fourth-order valence-corrected chi connectivity index (χ4v) is 3.78. The number of nitrogens with two attached hydrogens (primary N) is 1. The van der Waals surface area contributed by atoms with Crippen LogP contribution in [0.5, 0.6) is 11.5 Å². The van der Waals surface area contributed by atoms with Gasteiger partial charge < -0.3 is 20.5 Å². The molecule has 1 aliphatic carbocycles. The summed E-state index contributed by atoms with van der Waals surface area (Å²) in [6, 6.07) is 11.2. The summed E-state index contributed by atoms with van der Waals surface area (Å²) in [5, 5.41) is 9.48. The number of halogens is 2. The fraction of sp³-hybridized carbons (Fsp3) is 0.227. The Balaban J connectivity index is 1.73. The molecule has 2 aromatic carbocycles. The Morgan fingerprint density at radius 1 is 1.00 bits per heavy atom.